The van der Waals surface area contributed by atoms with E-state index in [-0.39, 0.29) is 11.5 Å². The van der Waals surface area contributed by atoms with Crippen molar-refractivity contribution in [2.45, 2.75) is 6.92 Å². The highest BCUT2D eigenvalue weighted by Crippen LogP contribution is 2.28. The van der Waals surface area contributed by atoms with Crippen molar-refractivity contribution in [2.24, 2.45) is 0 Å². The lowest BCUT2D eigenvalue weighted by molar-refractivity contribution is 0.0747. The Hall–Kier alpha value is -4.38. The highest BCUT2D eigenvalue weighted by Gasteiger charge is 2.28. The molecule has 170 valence electrons. The van der Waals surface area contributed by atoms with Crippen LogP contribution in [0.25, 0.3) is 17.1 Å². The van der Waals surface area contributed by atoms with Gasteiger partial charge in [0.15, 0.2) is 5.76 Å². The zero-order valence-electron chi connectivity index (χ0n) is 18.6. The molecule has 5 rings (SSSR count). The molecule has 34 heavy (non-hydrogen) atoms. The summed E-state index contributed by atoms with van der Waals surface area (Å²) in [6, 6.07) is 19.8. The number of nitrogens with zero attached hydrogens (tertiary/aromatic N) is 5. The standard InChI is InChI=1S/C26H22FN5O2/c1-18-10-11-24(34-18)25-21(17-32(29-25)19-6-3-2-4-7-19)26(33)31-14-12-30(13-15-31)23-9-5-8-22(27)20(23)16-28/h2-11,17H,12-15H2,1H3. The third-order valence-corrected chi connectivity index (χ3v) is 5.95. The minimum atomic E-state index is -0.537. The summed E-state index contributed by atoms with van der Waals surface area (Å²) in [5.74, 6) is 0.586. The Bertz CT molecular complexity index is 1380. The van der Waals surface area contributed by atoms with E-state index < -0.39 is 5.82 Å². The van der Waals surface area contributed by atoms with Crippen molar-refractivity contribution in [2.75, 3.05) is 31.1 Å². The molecule has 8 heteroatoms. The van der Waals surface area contributed by atoms with Crippen LogP contribution >= 0.6 is 0 Å². The monoisotopic (exact) mass is 455 g/mol. The van der Waals surface area contributed by atoms with Crippen molar-refractivity contribution in [3.63, 3.8) is 0 Å². The number of carbonyl (C=O) groups excluding carboxylic acids is 1. The van der Waals surface area contributed by atoms with Crippen molar-refractivity contribution in [1.29, 1.82) is 5.26 Å². The minimum absolute atomic E-state index is 0.0295. The largest absolute Gasteiger partial charge is 0.460 e. The van der Waals surface area contributed by atoms with Gasteiger partial charge in [-0.15, -0.1) is 0 Å². The van der Waals surface area contributed by atoms with Crippen LogP contribution in [0.4, 0.5) is 10.1 Å². The normalized spacial score (nSPS) is 13.7. The van der Waals surface area contributed by atoms with Crippen LogP contribution in [0.5, 0.6) is 0 Å². The second-order valence-electron chi connectivity index (χ2n) is 8.11. The first-order chi connectivity index (χ1) is 16.5. The first-order valence-corrected chi connectivity index (χ1v) is 11.0. The minimum Gasteiger partial charge on any atom is -0.460 e. The van der Waals surface area contributed by atoms with E-state index in [4.69, 9.17) is 4.42 Å². The molecule has 4 aromatic rings. The molecule has 1 amide bonds. The summed E-state index contributed by atoms with van der Waals surface area (Å²) in [5, 5.41) is 14.0. The van der Waals surface area contributed by atoms with Crippen LogP contribution in [0, 0.1) is 24.1 Å². The fraction of sp³-hybridized carbons (Fsp3) is 0.192. The number of piperazine rings is 1. The number of furan rings is 1. The number of benzene rings is 2. The van der Waals surface area contributed by atoms with Gasteiger partial charge in [-0.1, -0.05) is 24.3 Å². The molecule has 0 unspecified atom stereocenters. The Kier molecular flexibility index (Phi) is 5.60. The summed E-state index contributed by atoms with van der Waals surface area (Å²) in [7, 11) is 0. The summed E-state index contributed by atoms with van der Waals surface area (Å²) < 4.78 is 21.5. The molecule has 1 fully saturated rings. The van der Waals surface area contributed by atoms with E-state index in [0.717, 1.165) is 11.4 Å². The number of carbonyl (C=O) groups is 1. The first-order valence-electron chi connectivity index (χ1n) is 11.0. The summed E-state index contributed by atoms with van der Waals surface area (Å²) in [6.07, 6.45) is 1.73. The molecule has 3 heterocycles. The van der Waals surface area contributed by atoms with E-state index in [9.17, 15) is 14.4 Å². The van der Waals surface area contributed by atoms with Crippen molar-refractivity contribution in [3.05, 3.63) is 89.6 Å². The van der Waals surface area contributed by atoms with Gasteiger partial charge in [-0.2, -0.15) is 10.4 Å². The summed E-state index contributed by atoms with van der Waals surface area (Å²) >= 11 is 0. The molecule has 0 saturated carbocycles. The van der Waals surface area contributed by atoms with E-state index in [1.54, 1.807) is 27.9 Å². The number of hydrogen-bond acceptors (Lipinski definition) is 5. The predicted octanol–water partition coefficient (Wildman–Crippen LogP) is 4.41. The Labute approximate surface area is 196 Å². The predicted molar refractivity (Wildman–Crippen MR) is 125 cm³/mol. The lowest BCUT2D eigenvalue weighted by atomic mass is 10.1. The Morgan fingerprint density at radius 2 is 1.79 bits per heavy atom. The maximum Gasteiger partial charge on any atom is 0.257 e. The fourth-order valence-electron chi connectivity index (χ4n) is 4.19. The zero-order chi connectivity index (χ0) is 23.7. The Balaban J connectivity index is 1.41. The summed E-state index contributed by atoms with van der Waals surface area (Å²) in [6.45, 7) is 3.71. The van der Waals surface area contributed by atoms with Gasteiger partial charge < -0.3 is 14.2 Å². The van der Waals surface area contributed by atoms with Gasteiger partial charge in [0.05, 0.1) is 16.9 Å². The maximum absolute atomic E-state index is 14.0. The van der Waals surface area contributed by atoms with Gasteiger partial charge in [-0.3, -0.25) is 4.79 Å². The lowest BCUT2D eigenvalue weighted by Crippen LogP contribution is -2.49. The molecule has 1 saturated heterocycles. The molecule has 2 aromatic heterocycles. The number of nitriles is 1. The molecule has 0 N–H and O–H groups in total. The molecule has 0 bridgehead atoms. The van der Waals surface area contributed by atoms with E-state index in [1.165, 1.54) is 6.07 Å². The second kappa shape index (κ2) is 8.87. The van der Waals surface area contributed by atoms with Crippen LogP contribution in [0.15, 0.2) is 71.3 Å². The average molecular weight is 455 g/mol. The van der Waals surface area contributed by atoms with E-state index in [1.807, 2.05) is 60.4 Å². The molecular weight excluding hydrogens is 433 g/mol. The molecule has 1 aliphatic heterocycles. The maximum atomic E-state index is 14.0. The lowest BCUT2D eigenvalue weighted by Gasteiger charge is -2.36. The number of hydrogen-bond donors (Lipinski definition) is 0. The molecule has 7 nitrogen and oxygen atoms in total. The molecule has 0 spiro atoms. The molecule has 0 radical (unpaired) electrons. The number of aryl methyl sites for hydroxylation is 1. The van der Waals surface area contributed by atoms with Crippen molar-refractivity contribution >= 4 is 11.6 Å². The molecule has 2 aromatic carbocycles. The molecule has 0 atom stereocenters. The first kappa shape index (κ1) is 21.5. The number of amides is 1. The molecular formula is C26H22FN5O2. The summed E-state index contributed by atoms with van der Waals surface area (Å²) in [5.41, 5.74) is 2.36. The average Bonchev–Trinajstić information content (AvgIpc) is 3.50. The quantitative estimate of drug-likeness (QED) is 0.455. The number of aromatic nitrogens is 2. The number of halogens is 1. The van der Waals surface area contributed by atoms with Crippen molar-refractivity contribution < 1.29 is 13.6 Å². The smallest absolute Gasteiger partial charge is 0.257 e. The van der Waals surface area contributed by atoms with Gasteiger partial charge in [-0.05, 0) is 43.3 Å². The summed E-state index contributed by atoms with van der Waals surface area (Å²) in [4.78, 5) is 17.3. The van der Waals surface area contributed by atoms with Crippen LogP contribution in [0.3, 0.4) is 0 Å². The van der Waals surface area contributed by atoms with Gasteiger partial charge in [0, 0.05) is 32.4 Å². The van der Waals surface area contributed by atoms with E-state index >= 15 is 0 Å². The number of anilines is 1. The van der Waals surface area contributed by atoms with Gasteiger partial charge in [0.25, 0.3) is 5.91 Å². The highest BCUT2D eigenvalue weighted by molar-refractivity contribution is 5.99. The van der Waals surface area contributed by atoms with Gasteiger partial charge >= 0.3 is 0 Å². The van der Waals surface area contributed by atoms with Crippen molar-refractivity contribution in [3.8, 4) is 23.2 Å². The molecule has 1 aliphatic rings. The van der Waals surface area contributed by atoms with Crippen LogP contribution < -0.4 is 4.90 Å². The number of rotatable bonds is 4. The topological polar surface area (TPSA) is 78.3 Å². The SMILES string of the molecule is Cc1ccc(-c2nn(-c3ccccc3)cc2C(=O)N2CCN(c3cccc(F)c3C#N)CC2)o1. The zero-order valence-corrected chi connectivity index (χ0v) is 18.6. The third kappa shape index (κ3) is 3.92. The third-order valence-electron chi connectivity index (χ3n) is 5.95. The Morgan fingerprint density at radius 1 is 1.03 bits per heavy atom. The van der Waals surface area contributed by atoms with Crippen LogP contribution in [0.2, 0.25) is 0 Å². The van der Waals surface area contributed by atoms with Gasteiger partial charge in [0.1, 0.15) is 28.9 Å². The van der Waals surface area contributed by atoms with Crippen LogP contribution in [-0.2, 0) is 0 Å². The van der Waals surface area contributed by atoms with E-state index in [0.29, 0.717) is 48.9 Å². The van der Waals surface area contributed by atoms with Crippen molar-refractivity contribution in [1.82, 2.24) is 14.7 Å². The highest BCUT2D eigenvalue weighted by atomic mass is 19.1. The molecule has 0 aliphatic carbocycles. The Morgan fingerprint density at radius 3 is 2.47 bits per heavy atom. The van der Waals surface area contributed by atoms with Crippen LogP contribution in [0.1, 0.15) is 21.7 Å². The van der Waals surface area contributed by atoms with E-state index in [2.05, 4.69) is 5.10 Å². The second-order valence-corrected chi connectivity index (χ2v) is 8.11. The van der Waals surface area contributed by atoms with Gasteiger partial charge in [-0.25, -0.2) is 9.07 Å². The number of para-hydroxylation sites is 1. The fourth-order valence-corrected chi connectivity index (χ4v) is 4.19. The van der Waals surface area contributed by atoms with Crippen LogP contribution in [-0.4, -0.2) is 46.8 Å². The van der Waals surface area contributed by atoms with Gasteiger partial charge in [0.2, 0.25) is 0 Å².